The highest BCUT2D eigenvalue weighted by Gasteiger charge is 2.17. The summed E-state index contributed by atoms with van der Waals surface area (Å²) in [6.07, 6.45) is 1.21. The fraction of sp³-hybridized carbons (Fsp3) is 0.600. The summed E-state index contributed by atoms with van der Waals surface area (Å²) in [4.78, 5) is 0. The van der Waals surface area contributed by atoms with Crippen molar-refractivity contribution in [3.05, 3.63) is 29.8 Å². The van der Waals surface area contributed by atoms with Crippen molar-refractivity contribution in [1.29, 1.82) is 0 Å². The van der Waals surface area contributed by atoms with Crippen LogP contribution in [-0.2, 0) is 0 Å². The summed E-state index contributed by atoms with van der Waals surface area (Å²) in [7, 11) is 2.02. The second kappa shape index (κ2) is 7.33. The molecule has 0 heterocycles. The molecule has 1 N–H and O–H groups in total. The molecule has 96 valence electrons. The maximum Gasteiger partial charge on any atom is 0.119 e. The Morgan fingerprint density at radius 2 is 1.82 bits per heavy atom. The fourth-order valence-electron chi connectivity index (χ4n) is 2.13. The van der Waals surface area contributed by atoms with Crippen LogP contribution in [0.4, 0.5) is 0 Å². The first kappa shape index (κ1) is 14.0. The summed E-state index contributed by atoms with van der Waals surface area (Å²) in [5.41, 5.74) is 1.40. The van der Waals surface area contributed by atoms with E-state index in [1.807, 2.05) is 14.0 Å². The Hall–Kier alpha value is -1.02. The molecule has 2 nitrogen and oxygen atoms in total. The van der Waals surface area contributed by atoms with E-state index in [4.69, 9.17) is 4.74 Å². The largest absolute Gasteiger partial charge is 0.494 e. The Labute approximate surface area is 105 Å². The first-order valence-corrected chi connectivity index (χ1v) is 6.60. The summed E-state index contributed by atoms with van der Waals surface area (Å²) >= 11 is 0. The Morgan fingerprint density at radius 1 is 1.18 bits per heavy atom. The molecule has 0 aliphatic heterocycles. The van der Waals surface area contributed by atoms with Crippen LogP contribution in [0.1, 0.15) is 38.7 Å². The second-order valence-electron chi connectivity index (χ2n) is 4.55. The zero-order valence-corrected chi connectivity index (χ0v) is 11.5. The van der Waals surface area contributed by atoms with Gasteiger partial charge < -0.3 is 10.1 Å². The van der Waals surface area contributed by atoms with Crippen molar-refractivity contribution in [2.45, 2.75) is 33.1 Å². The Kier molecular flexibility index (Phi) is 6.06. The molecule has 0 spiro atoms. The van der Waals surface area contributed by atoms with Crippen LogP contribution in [0, 0.1) is 5.92 Å². The predicted octanol–water partition coefficient (Wildman–Crippen LogP) is 3.43. The molecule has 0 bridgehead atoms. The van der Waals surface area contributed by atoms with Gasteiger partial charge in [0.15, 0.2) is 0 Å². The van der Waals surface area contributed by atoms with Gasteiger partial charge in [-0.15, -0.1) is 0 Å². The van der Waals surface area contributed by atoms with Crippen LogP contribution in [0.5, 0.6) is 5.75 Å². The zero-order valence-electron chi connectivity index (χ0n) is 11.5. The molecular formula is C15H25NO. The molecule has 0 saturated heterocycles. The van der Waals surface area contributed by atoms with Crippen molar-refractivity contribution < 1.29 is 4.74 Å². The average Bonchev–Trinajstić information content (AvgIpc) is 2.37. The molecule has 2 unspecified atom stereocenters. The van der Waals surface area contributed by atoms with E-state index in [9.17, 15) is 0 Å². The van der Waals surface area contributed by atoms with Gasteiger partial charge in [-0.25, -0.2) is 0 Å². The van der Waals surface area contributed by atoms with Crippen molar-refractivity contribution in [1.82, 2.24) is 5.32 Å². The number of hydrogen-bond acceptors (Lipinski definition) is 2. The van der Waals surface area contributed by atoms with Crippen LogP contribution in [0.2, 0.25) is 0 Å². The Balaban J connectivity index is 2.79. The van der Waals surface area contributed by atoms with Gasteiger partial charge in [0.25, 0.3) is 0 Å². The highest BCUT2D eigenvalue weighted by molar-refractivity contribution is 5.30. The number of hydrogen-bond donors (Lipinski definition) is 1. The number of nitrogens with one attached hydrogen (secondary N) is 1. The molecule has 1 aromatic carbocycles. The third-order valence-electron chi connectivity index (χ3n) is 3.37. The quantitative estimate of drug-likeness (QED) is 0.781. The number of ether oxygens (including phenoxy) is 1. The first-order valence-electron chi connectivity index (χ1n) is 6.60. The van der Waals surface area contributed by atoms with E-state index >= 15 is 0 Å². The van der Waals surface area contributed by atoms with Crippen LogP contribution >= 0.6 is 0 Å². The normalized spacial score (nSPS) is 14.4. The molecule has 17 heavy (non-hydrogen) atoms. The monoisotopic (exact) mass is 235 g/mol. The lowest BCUT2D eigenvalue weighted by atomic mass is 9.85. The maximum atomic E-state index is 5.47. The van der Waals surface area contributed by atoms with Crippen LogP contribution in [0.15, 0.2) is 24.3 Å². The summed E-state index contributed by atoms with van der Waals surface area (Å²) in [5, 5.41) is 3.29. The molecule has 0 amide bonds. The lowest BCUT2D eigenvalue weighted by molar-refractivity contribution is 0.340. The number of benzene rings is 1. The molecule has 1 rings (SSSR count). The van der Waals surface area contributed by atoms with Crippen molar-refractivity contribution in [3.63, 3.8) is 0 Å². The van der Waals surface area contributed by atoms with Crippen LogP contribution in [0.25, 0.3) is 0 Å². The summed E-state index contributed by atoms with van der Waals surface area (Å²) in [6, 6.07) is 8.53. The van der Waals surface area contributed by atoms with Gasteiger partial charge in [0.2, 0.25) is 0 Å². The minimum Gasteiger partial charge on any atom is -0.494 e. The standard InChI is InChI=1S/C15H25NO/c1-5-12(3)15(11-16-4)13-7-9-14(10-8-13)17-6-2/h7-10,12,15-16H,5-6,11H2,1-4H3. The molecule has 2 heteroatoms. The summed E-state index contributed by atoms with van der Waals surface area (Å²) < 4.78 is 5.47. The third kappa shape index (κ3) is 4.04. The van der Waals surface area contributed by atoms with Gasteiger partial charge in [-0.3, -0.25) is 0 Å². The summed E-state index contributed by atoms with van der Waals surface area (Å²) in [5.74, 6) is 2.24. The van der Waals surface area contributed by atoms with E-state index in [0.717, 1.165) is 18.9 Å². The second-order valence-corrected chi connectivity index (χ2v) is 4.55. The molecule has 0 aliphatic carbocycles. The smallest absolute Gasteiger partial charge is 0.119 e. The lowest BCUT2D eigenvalue weighted by Gasteiger charge is -2.23. The molecule has 0 aliphatic rings. The van der Waals surface area contributed by atoms with Gasteiger partial charge in [-0.1, -0.05) is 32.4 Å². The van der Waals surface area contributed by atoms with Crippen molar-refractivity contribution >= 4 is 0 Å². The van der Waals surface area contributed by atoms with Gasteiger partial charge in [0, 0.05) is 6.54 Å². The molecule has 0 aromatic heterocycles. The van der Waals surface area contributed by atoms with Gasteiger partial charge in [0.1, 0.15) is 5.75 Å². The fourth-order valence-corrected chi connectivity index (χ4v) is 2.13. The highest BCUT2D eigenvalue weighted by atomic mass is 16.5. The van der Waals surface area contributed by atoms with Crippen molar-refractivity contribution in [2.24, 2.45) is 5.92 Å². The lowest BCUT2D eigenvalue weighted by Crippen LogP contribution is -2.22. The minimum atomic E-state index is 0.584. The predicted molar refractivity (Wildman–Crippen MR) is 73.7 cm³/mol. The van der Waals surface area contributed by atoms with Crippen molar-refractivity contribution in [2.75, 3.05) is 20.2 Å². The average molecular weight is 235 g/mol. The van der Waals surface area contributed by atoms with Gasteiger partial charge >= 0.3 is 0 Å². The van der Waals surface area contributed by atoms with Crippen LogP contribution in [-0.4, -0.2) is 20.2 Å². The Bertz CT molecular complexity index is 307. The summed E-state index contributed by atoms with van der Waals surface area (Å²) in [6.45, 7) is 8.34. The van der Waals surface area contributed by atoms with E-state index in [1.165, 1.54) is 12.0 Å². The van der Waals surface area contributed by atoms with E-state index in [2.05, 4.69) is 43.4 Å². The van der Waals surface area contributed by atoms with E-state index in [0.29, 0.717) is 11.8 Å². The SMILES string of the molecule is CCOc1ccc(C(CNC)C(C)CC)cc1. The van der Waals surface area contributed by atoms with Crippen LogP contribution in [0.3, 0.4) is 0 Å². The van der Waals surface area contributed by atoms with Gasteiger partial charge in [-0.05, 0) is 43.5 Å². The number of likely N-dealkylation sites (N-methyl/N-ethyl adjacent to an activating group) is 1. The first-order chi connectivity index (χ1) is 8.22. The highest BCUT2D eigenvalue weighted by Crippen LogP contribution is 2.27. The number of rotatable bonds is 7. The van der Waals surface area contributed by atoms with E-state index < -0.39 is 0 Å². The minimum absolute atomic E-state index is 0.584. The van der Waals surface area contributed by atoms with Crippen LogP contribution < -0.4 is 10.1 Å². The van der Waals surface area contributed by atoms with Crippen molar-refractivity contribution in [3.8, 4) is 5.75 Å². The molecular weight excluding hydrogens is 210 g/mol. The molecule has 0 radical (unpaired) electrons. The van der Waals surface area contributed by atoms with E-state index in [1.54, 1.807) is 0 Å². The van der Waals surface area contributed by atoms with Gasteiger partial charge in [0.05, 0.1) is 6.61 Å². The van der Waals surface area contributed by atoms with E-state index in [-0.39, 0.29) is 0 Å². The molecule has 2 atom stereocenters. The topological polar surface area (TPSA) is 21.3 Å². The molecule has 0 fully saturated rings. The van der Waals surface area contributed by atoms with Gasteiger partial charge in [-0.2, -0.15) is 0 Å². The molecule has 1 aromatic rings. The zero-order chi connectivity index (χ0) is 12.7. The maximum absolute atomic E-state index is 5.47. The third-order valence-corrected chi connectivity index (χ3v) is 3.37. The molecule has 0 saturated carbocycles. The Morgan fingerprint density at radius 3 is 2.29 bits per heavy atom.